The lowest BCUT2D eigenvalue weighted by molar-refractivity contribution is -0.139. The van der Waals surface area contributed by atoms with Gasteiger partial charge < -0.3 is 15.1 Å². The lowest BCUT2D eigenvalue weighted by Gasteiger charge is -2.27. The summed E-state index contributed by atoms with van der Waals surface area (Å²) in [5.74, 6) is 0.403. The Bertz CT molecular complexity index is 844. The molecule has 7 nitrogen and oxygen atoms in total. The lowest BCUT2D eigenvalue weighted by Crippen LogP contribution is -2.47. The van der Waals surface area contributed by atoms with E-state index < -0.39 is 6.04 Å². The fourth-order valence-corrected chi connectivity index (χ4v) is 5.59. The summed E-state index contributed by atoms with van der Waals surface area (Å²) in [6.45, 7) is 0.480. The molecule has 1 aromatic rings. The lowest BCUT2D eigenvalue weighted by atomic mass is 10.1. The van der Waals surface area contributed by atoms with Crippen molar-refractivity contribution in [3.05, 3.63) is 29.8 Å². The highest BCUT2D eigenvalue weighted by molar-refractivity contribution is 7.99. The van der Waals surface area contributed by atoms with E-state index in [1.54, 1.807) is 40.9 Å². The fourth-order valence-electron chi connectivity index (χ4n) is 4.43. The molecule has 0 aromatic heterocycles. The first-order valence-electron chi connectivity index (χ1n) is 10.1. The van der Waals surface area contributed by atoms with Gasteiger partial charge in [-0.3, -0.25) is 14.4 Å². The van der Waals surface area contributed by atoms with Crippen LogP contribution in [0, 0.1) is 17.2 Å². The number of hydrogen-bond donors (Lipinski definition) is 1. The number of likely N-dealkylation sites (tertiary alicyclic amines) is 1. The van der Waals surface area contributed by atoms with E-state index >= 15 is 0 Å². The molecule has 2 heterocycles. The van der Waals surface area contributed by atoms with E-state index in [0.29, 0.717) is 29.4 Å². The molecule has 3 amide bonds. The van der Waals surface area contributed by atoms with Crippen molar-refractivity contribution in [1.82, 2.24) is 9.80 Å². The molecule has 3 fully saturated rings. The van der Waals surface area contributed by atoms with Crippen molar-refractivity contribution < 1.29 is 14.4 Å². The van der Waals surface area contributed by atoms with Crippen LogP contribution in [-0.4, -0.2) is 57.8 Å². The molecule has 2 atom stereocenters. The van der Waals surface area contributed by atoms with Gasteiger partial charge in [0.2, 0.25) is 17.7 Å². The van der Waals surface area contributed by atoms with E-state index in [0.717, 1.165) is 25.7 Å². The number of carbonyl (C=O) groups excluding carboxylic acids is 3. The highest BCUT2D eigenvalue weighted by Gasteiger charge is 2.43. The summed E-state index contributed by atoms with van der Waals surface area (Å²) in [4.78, 5) is 41.9. The predicted octanol–water partition coefficient (Wildman–Crippen LogP) is 2.19. The molecule has 8 heteroatoms. The topological polar surface area (TPSA) is 93.5 Å². The predicted molar refractivity (Wildman–Crippen MR) is 110 cm³/mol. The van der Waals surface area contributed by atoms with Crippen LogP contribution in [0.15, 0.2) is 24.3 Å². The second kappa shape index (κ2) is 8.46. The standard InChI is InChI=1S/C21H24N4O3S/c22-10-14-5-7-16(8-6-14)23-20(27)18-12-29-13-25(18)21(28)15-9-19(26)24(11-15)17-3-1-2-4-17/h5-8,15,17-18H,1-4,9,11-13H2,(H,23,27). The quantitative estimate of drug-likeness (QED) is 0.818. The average Bonchev–Trinajstić information content (AvgIpc) is 3.48. The number of benzene rings is 1. The first-order chi connectivity index (χ1) is 14.1. The Labute approximate surface area is 174 Å². The van der Waals surface area contributed by atoms with Crippen LogP contribution in [-0.2, 0) is 14.4 Å². The van der Waals surface area contributed by atoms with Gasteiger partial charge in [-0.1, -0.05) is 12.8 Å². The number of amides is 3. The number of nitrogens with zero attached hydrogens (tertiary/aromatic N) is 3. The van der Waals surface area contributed by atoms with Crippen molar-refractivity contribution in [3.63, 3.8) is 0 Å². The van der Waals surface area contributed by atoms with Gasteiger partial charge in [0.15, 0.2) is 0 Å². The number of nitriles is 1. The smallest absolute Gasteiger partial charge is 0.248 e. The van der Waals surface area contributed by atoms with E-state index in [-0.39, 0.29) is 36.1 Å². The molecular weight excluding hydrogens is 388 g/mol. The van der Waals surface area contributed by atoms with E-state index in [4.69, 9.17) is 5.26 Å². The maximum absolute atomic E-state index is 13.1. The van der Waals surface area contributed by atoms with Crippen LogP contribution in [0.25, 0.3) is 0 Å². The van der Waals surface area contributed by atoms with Gasteiger partial charge in [0, 0.05) is 30.4 Å². The van der Waals surface area contributed by atoms with Crippen LogP contribution in [0.5, 0.6) is 0 Å². The van der Waals surface area contributed by atoms with E-state index in [2.05, 4.69) is 5.32 Å². The number of rotatable bonds is 4. The Balaban J connectivity index is 1.39. The maximum atomic E-state index is 13.1. The van der Waals surface area contributed by atoms with Crippen LogP contribution in [0.3, 0.4) is 0 Å². The Kier molecular flexibility index (Phi) is 5.76. The van der Waals surface area contributed by atoms with Gasteiger partial charge in [0.1, 0.15) is 6.04 Å². The van der Waals surface area contributed by atoms with Gasteiger partial charge >= 0.3 is 0 Å². The van der Waals surface area contributed by atoms with Crippen LogP contribution < -0.4 is 5.32 Å². The Morgan fingerprint density at radius 2 is 1.90 bits per heavy atom. The summed E-state index contributed by atoms with van der Waals surface area (Å²) in [5.41, 5.74) is 1.12. The van der Waals surface area contributed by atoms with Crippen molar-refractivity contribution in [2.75, 3.05) is 23.5 Å². The van der Waals surface area contributed by atoms with E-state index in [9.17, 15) is 14.4 Å². The first kappa shape index (κ1) is 19.8. The summed E-state index contributed by atoms with van der Waals surface area (Å²) in [6.07, 6.45) is 4.60. The first-order valence-corrected chi connectivity index (χ1v) is 11.2. The second-order valence-electron chi connectivity index (χ2n) is 7.89. The number of hydrogen-bond acceptors (Lipinski definition) is 5. The molecule has 1 saturated carbocycles. The third-order valence-corrected chi connectivity index (χ3v) is 7.03. The molecular formula is C21H24N4O3S. The molecule has 3 aliphatic rings. The molecule has 1 aliphatic carbocycles. The monoisotopic (exact) mass is 412 g/mol. The number of anilines is 1. The van der Waals surface area contributed by atoms with Gasteiger partial charge in [-0.2, -0.15) is 5.26 Å². The fraction of sp³-hybridized carbons (Fsp3) is 0.524. The largest absolute Gasteiger partial charge is 0.339 e. The molecule has 0 spiro atoms. The summed E-state index contributed by atoms with van der Waals surface area (Å²) in [6, 6.07) is 8.43. The Morgan fingerprint density at radius 3 is 2.59 bits per heavy atom. The van der Waals surface area contributed by atoms with Crippen molar-refractivity contribution in [1.29, 1.82) is 5.26 Å². The van der Waals surface area contributed by atoms with Crippen molar-refractivity contribution in [2.45, 2.75) is 44.2 Å². The molecule has 2 aliphatic heterocycles. The molecule has 1 N–H and O–H groups in total. The normalized spacial score (nSPS) is 24.7. The maximum Gasteiger partial charge on any atom is 0.248 e. The molecule has 0 radical (unpaired) electrons. The highest BCUT2D eigenvalue weighted by Crippen LogP contribution is 2.32. The van der Waals surface area contributed by atoms with Crippen molar-refractivity contribution in [3.8, 4) is 6.07 Å². The summed E-state index contributed by atoms with van der Waals surface area (Å²) >= 11 is 1.55. The molecule has 152 valence electrons. The summed E-state index contributed by atoms with van der Waals surface area (Å²) < 4.78 is 0. The van der Waals surface area contributed by atoms with Crippen molar-refractivity contribution >= 4 is 35.2 Å². The van der Waals surface area contributed by atoms with Crippen LogP contribution >= 0.6 is 11.8 Å². The SMILES string of the molecule is N#Cc1ccc(NC(=O)C2CSCN2C(=O)C2CC(=O)N(C3CCCC3)C2)cc1. The van der Waals surface area contributed by atoms with Crippen LogP contribution in [0.2, 0.25) is 0 Å². The number of carbonyl (C=O) groups is 3. The zero-order chi connectivity index (χ0) is 20.4. The number of thioether (sulfide) groups is 1. The molecule has 29 heavy (non-hydrogen) atoms. The van der Waals surface area contributed by atoms with Gasteiger partial charge in [-0.25, -0.2) is 0 Å². The van der Waals surface area contributed by atoms with Gasteiger partial charge in [0.25, 0.3) is 0 Å². The third kappa shape index (κ3) is 4.10. The minimum absolute atomic E-state index is 0.0701. The van der Waals surface area contributed by atoms with Gasteiger partial charge in [-0.15, -0.1) is 11.8 Å². The minimum atomic E-state index is -0.543. The van der Waals surface area contributed by atoms with Crippen LogP contribution in [0.4, 0.5) is 5.69 Å². The Hall–Kier alpha value is -2.53. The molecule has 2 saturated heterocycles. The van der Waals surface area contributed by atoms with Gasteiger partial charge in [-0.05, 0) is 37.1 Å². The summed E-state index contributed by atoms with van der Waals surface area (Å²) in [7, 11) is 0. The molecule has 4 rings (SSSR count). The van der Waals surface area contributed by atoms with E-state index in [1.807, 2.05) is 11.0 Å². The van der Waals surface area contributed by atoms with Crippen molar-refractivity contribution in [2.24, 2.45) is 5.92 Å². The highest BCUT2D eigenvalue weighted by atomic mass is 32.2. The Morgan fingerprint density at radius 1 is 1.17 bits per heavy atom. The van der Waals surface area contributed by atoms with E-state index in [1.165, 1.54) is 0 Å². The average molecular weight is 413 g/mol. The van der Waals surface area contributed by atoms with Crippen LogP contribution in [0.1, 0.15) is 37.7 Å². The number of nitrogens with one attached hydrogen (secondary N) is 1. The molecule has 2 unspecified atom stereocenters. The molecule has 1 aromatic carbocycles. The zero-order valence-corrected chi connectivity index (χ0v) is 17.0. The third-order valence-electron chi connectivity index (χ3n) is 6.02. The molecule has 0 bridgehead atoms. The second-order valence-corrected chi connectivity index (χ2v) is 8.89. The summed E-state index contributed by atoms with van der Waals surface area (Å²) in [5, 5.41) is 11.7. The zero-order valence-electron chi connectivity index (χ0n) is 16.2. The van der Waals surface area contributed by atoms with Gasteiger partial charge in [0.05, 0.1) is 23.4 Å². The minimum Gasteiger partial charge on any atom is -0.339 e.